The van der Waals surface area contributed by atoms with E-state index < -0.39 is 5.97 Å². The Morgan fingerprint density at radius 3 is 2.38 bits per heavy atom. The highest BCUT2D eigenvalue weighted by molar-refractivity contribution is 8.18. The third-order valence-electron chi connectivity index (χ3n) is 4.96. The number of nitrogens with zero attached hydrogens (tertiary/aromatic N) is 2. The highest BCUT2D eigenvalue weighted by atomic mass is 32.2. The Morgan fingerprint density at radius 1 is 1.03 bits per heavy atom. The molecule has 1 aliphatic rings. The van der Waals surface area contributed by atoms with Crippen LogP contribution in [0, 0.1) is 0 Å². The Morgan fingerprint density at radius 2 is 1.74 bits per heavy atom. The summed E-state index contributed by atoms with van der Waals surface area (Å²) in [5.41, 5.74) is 2.62. The maximum atomic E-state index is 13.3. The monoisotopic (exact) mass is 470 g/mol. The van der Waals surface area contributed by atoms with Gasteiger partial charge in [-0.3, -0.25) is 9.69 Å². The number of carboxylic acid groups (broad SMARTS) is 1. The number of carbonyl (C=O) groups excluding carboxylic acids is 1. The minimum atomic E-state index is -0.989. The van der Waals surface area contributed by atoms with Gasteiger partial charge in [0, 0.05) is 0 Å². The van der Waals surface area contributed by atoms with Gasteiger partial charge in [0.05, 0.1) is 22.7 Å². The molecule has 1 heterocycles. The predicted molar refractivity (Wildman–Crippen MR) is 135 cm³/mol. The number of carbonyl (C=O) groups is 2. The third-order valence-corrected chi connectivity index (χ3v) is 5.96. The summed E-state index contributed by atoms with van der Waals surface area (Å²) in [6.45, 7) is 4.35. The van der Waals surface area contributed by atoms with Gasteiger partial charge < -0.3 is 9.84 Å². The first-order valence-corrected chi connectivity index (χ1v) is 11.4. The Balaban J connectivity index is 1.61. The molecule has 1 saturated heterocycles. The van der Waals surface area contributed by atoms with Crippen molar-refractivity contribution in [2.45, 2.75) is 6.54 Å². The van der Waals surface area contributed by atoms with Gasteiger partial charge in [-0.1, -0.05) is 55.1 Å². The van der Waals surface area contributed by atoms with Crippen LogP contribution in [0.5, 0.6) is 5.75 Å². The van der Waals surface area contributed by atoms with E-state index in [2.05, 4.69) is 6.58 Å². The first kappa shape index (κ1) is 23.1. The van der Waals surface area contributed by atoms with Gasteiger partial charge in [-0.25, -0.2) is 9.79 Å². The molecule has 0 spiro atoms. The number of aromatic carboxylic acids is 1. The molecule has 1 amide bonds. The standard InChI is InChI=1S/C27H22N2O4S/c1-2-16-33-23-14-10-19(11-15-23)17-24-25(30)29(18-20-8-12-21(13-9-20)26(31)32)27(34-24)28-22-6-4-3-5-7-22/h2-15,17H,1,16,18H2,(H,31,32). The van der Waals surface area contributed by atoms with Gasteiger partial charge in [-0.05, 0) is 65.4 Å². The van der Waals surface area contributed by atoms with Crippen molar-refractivity contribution < 1.29 is 19.4 Å². The second-order valence-electron chi connectivity index (χ2n) is 7.40. The Hall–Kier alpha value is -4.10. The van der Waals surface area contributed by atoms with Gasteiger partial charge in [-0.2, -0.15) is 0 Å². The number of para-hydroxylation sites is 1. The zero-order chi connectivity index (χ0) is 23.9. The van der Waals surface area contributed by atoms with Crippen molar-refractivity contribution in [1.82, 2.24) is 4.90 Å². The number of amidine groups is 1. The molecule has 1 fully saturated rings. The van der Waals surface area contributed by atoms with Gasteiger partial charge in [0.25, 0.3) is 5.91 Å². The Bertz CT molecular complexity index is 1250. The zero-order valence-corrected chi connectivity index (χ0v) is 19.1. The van der Waals surface area contributed by atoms with Crippen molar-refractivity contribution in [1.29, 1.82) is 0 Å². The van der Waals surface area contributed by atoms with Crippen LogP contribution in [-0.2, 0) is 11.3 Å². The average molecular weight is 471 g/mol. The lowest BCUT2D eigenvalue weighted by molar-refractivity contribution is -0.122. The molecule has 170 valence electrons. The first-order chi connectivity index (χ1) is 16.5. The van der Waals surface area contributed by atoms with Gasteiger partial charge in [0.1, 0.15) is 12.4 Å². The smallest absolute Gasteiger partial charge is 0.335 e. The summed E-state index contributed by atoms with van der Waals surface area (Å²) in [5.74, 6) is -0.420. The molecule has 6 nitrogen and oxygen atoms in total. The quantitative estimate of drug-likeness (QED) is 0.335. The number of hydrogen-bond donors (Lipinski definition) is 1. The molecule has 0 radical (unpaired) electrons. The van der Waals surface area contributed by atoms with Crippen molar-refractivity contribution in [2.75, 3.05) is 6.61 Å². The molecule has 7 heteroatoms. The number of hydrogen-bond acceptors (Lipinski definition) is 5. The molecule has 34 heavy (non-hydrogen) atoms. The van der Waals surface area contributed by atoms with Crippen LogP contribution in [-0.4, -0.2) is 33.7 Å². The van der Waals surface area contributed by atoms with E-state index >= 15 is 0 Å². The second kappa shape index (κ2) is 10.7. The van der Waals surface area contributed by atoms with Crippen LogP contribution >= 0.6 is 11.8 Å². The van der Waals surface area contributed by atoms with Crippen molar-refractivity contribution in [3.05, 3.63) is 113 Å². The van der Waals surface area contributed by atoms with E-state index in [1.54, 1.807) is 23.1 Å². The summed E-state index contributed by atoms with van der Waals surface area (Å²) in [6.07, 6.45) is 3.51. The molecule has 3 aromatic rings. The molecule has 0 aromatic heterocycles. The molecular weight excluding hydrogens is 448 g/mol. The van der Waals surface area contributed by atoms with Crippen LogP contribution in [0.2, 0.25) is 0 Å². The molecule has 0 saturated carbocycles. The summed E-state index contributed by atoms with van der Waals surface area (Å²) in [6, 6.07) is 23.4. The van der Waals surface area contributed by atoms with Crippen LogP contribution in [0.25, 0.3) is 6.08 Å². The maximum absolute atomic E-state index is 13.3. The highest BCUT2D eigenvalue weighted by Gasteiger charge is 2.33. The number of ether oxygens (including phenoxy) is 1. The third kappa shape index (κ3) is 5.63. The lowest BCUT2D eigenvalue weighted by Gasteiger charge is -2.16. The van der Waals surface area contributed by atoms with Crippen molar-refractivity contribution in [3.8, 4) is 5.75 Å². The number of amides is 1. The molecule has 1 N–H and O–H groups in total. The van der Waals surface area contributed by atoms with E-state index in [4.69, 9.17) is 14.8 Å². The Kier molecular flexibility index (Phi) is 7.25. The average Bonchev–Trinajstić information content (AvgIpc) is 3.13. The fraction of sp³-hybridized carbons (Fsp3) is 0.0741. The molecule has 0 unspecified atom stereocenters. The molecule has 1 aliphatic heterocycles. The van der Waals surface area contributed by atoms with Gasteiger partial charge in [-0.15, -0.1) is 0 Å². The number of aliphatic imine (C=N–C) groups is 1. The summed E-state index contributed by atoms with van der Waals surface area (Å²) in [4.78, 5) is 31.3. The van der Waals surface area contributed by atoms with E-state index in [0.717, 1.165) is 22.6 Å². The van der Waals surface area contributed by atoms with E-state index in [1.165, 1.54) is 23.9 Å². The minimum Gasteiger partial charge on any atom is -0.490 e. The normalized spacial score (nSPS) is 15.6. The van der Waals surface area contributed by atoms with Crippen molar-refractivity contribution >= 4 is 40.6 Å². The van der Waals surface area contributed by atoms with Crippen LogP contribution < -0.4 is 4.74 Å². The maximum Gasteiger partial charge on any atom is 0.335 e. The van der Waals surface area contributed by atoms with Gasteiger partial charge in [0.2, 0.25) is 0 Å². The number of thioether (sulfide) groups is 1. The topological polar surface area (TPSA) is 79.2 Å². The summed E-state index contributed by atoms with van der Waals surface area (Å²) in [5, 5.41) is 9.70. The lowest BCUT2D eigenvalue weighted by Crippen LogP contribution is -2.28. The summed E-state index contributed by atoms with van der Waals surface area (Å²) in [7, 11) is 0. The van der Waals surface area contributed by atoms with Gasteiger partial charge >= 0.3 is 5.97 Å². The number of rotatable bonds is 8. The summed E-state index contributed by atoms with van der Waals surface area (Å²) >= 11 is 1.31. The van der Waals surface area contributed by atoms with Crippen molar-refractivity contribution in [2.24, 2.45) is 4.99 Å². The number of benzene rings is 3. The number of carboxylic acids is 1. The zero-order valence-electron chi connectivity index (χ0n) is 18.3. The predicted octanol–water partition coefficient (Wildman–Crippen LogP) is 5.75. The fourth-order valence-electron chi connectivity index (χ4n) is 3.25. The van der Waals surface area contributed by atoms with Crippen LogP contribution in [0.15, 0.2) is 101 Å². The van der Waals surface area contributed by atoms with Crippen molar-refractivity contribution in [3.63, 3.8) is 0 Å². The fourth-order valence-corrected chi connectivity index (χ4v) is 4.24. The molecule has 3 aromatic carbocycles. The molecular formula is C27H22N2O4S. The lowest BCUT2D eigenvalue weighted by atomic mass is 10.1. The van der Waals surface area contributed by atoms with Crippen LogP contribution in [0.1, 0.15) is 21.5 Å². The molecule has 0 bridgehead atoms. The molecule has 4 rings (SSSR count). The SMILES string of the molecule is C=CCOc1ccc(C=C2SC(=Nc3ccccc3)N(Cc3ccc(C(=O)O)cc3)C2=O)cc1. The van der Waals surface area contributed by atoms with Crippen LogP contribution in [0.4, 0.5) is 5.69 Å². The highest BCUT2D eigenvalue weighted by Crippen LogP contribution is 2.35. The minimum absolute atomic E-state index is 0.158. The summed E-state index contributed by atoms with van der Waals surface area (Å²) < 4.78 is 5.52. The first-order valence-electron chi connectivity index (χ1n) is 10.5. The largest absolute Gasteiger partial charge is 0.490 e. The van der Waals surface area contributed by atoms with E-state index in [9.17, 15) is 9.59 Å². The van der Waals surface area contributed by atoms with Gasteiger partial charge in [0.15, 0.2) is 5.17 Å². The van der Waals surface area contributed by atoms with E-state index in [1.807, 2.05) is 60.7 Å². The molecule has 0 atom stereocenters. The van der Waals surface area contributed by atoms with Crippen LogP contribution in [0.3, 0.4) is 0 Å². The van der Waals surface area contributed by atoms with E-state index in [0.29, 0.717) is 16.7 Å². The second-order valence-corrected chi connectivity index (χ2v) is 8.41. The molecule has 0 aliphatic carbocycles. The van der Waals surface area contributed by atoms with E-state index in [-0.39, 0.29) is 18.0 Å². The Labute approximate surface area is 201 Å².